The first-order valence-electron chi connectivity index (χ1n) is 4.51. The number of rotatable bonds is 2. The second kappa shape index (κ2) is 3.98. The van der Waals surface area contributed by atoms with Gasteiger partial charge < -0.3 is 10.2 Å². The summed E-state index contributed by atoms with van der Waals surface area (Å²) in [5, 5.41) is 18.3. The van der Waals surface area contributed by atoms with Crippen molar-refractivity contribution in [3.63, 3.8) is 0 Å². The zero-order chi connectivity index (χ0) is 11.5. The fraction of sp³-hybridized carbons (Fsp3) is 0. The van der Waals surface area contributed by atoms with Crippen LogP contribution >= 0.6 is 0 Å². The van der Waals surface area contributed by atoms with E-state index in [1.807, 2.05) is 0 Å². The van der Waals surface area contributed by atoms with Crippen LogP contribution in [0.15, 0.2) is 36.8 Å². The van der Waals surface area contributed by atoms with Gasteiger partial charge in [0.15, 0.2) is 5.69 Å². The molecule has 0 saturated heterocycles. The number of benzene rings is 1. The van der Waals surface area contributed by atoms with Gasteiger partial charge in [-0.2, -0.15) is 0 Å². The van der Waals surface area contributed by atoms with Crippen LogP contribution in [-0.2, 0) is 0 Å². The molecule has 1 aromatic carbocycles. The third kappa shape index (κ3) is 1.83. The summed E-state index contributed by atoms with van der Waals surface area (Å²) in [5.41, 5.74) is 0.865. The van der Waals surface area contributed by atoms with Crippen molar-refractivity contribution < 1.29 is 15.0 Å². The predicted octanol–water partition coefficient (Wildman–Crippen LogP) is 1.55. The Hall–Kier alpha value is -2.43. The summed E-state index contributed by atoms with van der Waals surface area (Å²) in [6.45, 7) is 0. The van der Waals surface area contributed by atoms with Gasteiger partial charge in [-0.15, -0.1) is 0 Å². The Labute approximate surface area is 91.0 Å². The smallest absolute Gasteiger partial charge is 0.355 e. The lowest BCUT2D eigenvalue weighted by atomic mass is 10.1. The second-order valence-corrected chi connectivity index (χ2v) is 3.14. The molecule has 80 valence electrons. The molecule has 1 heterocycles. The second-order valence-electron chi connectivity index (χ2n) is 3.14. The summed E-state index contributed by atoms with van der Waals surface area (Å²) in [7, 11) is 0. The van der Waals surface area contributed by atoms with Gasteiger partial charge in [-0.1, -0.05) is 12.1 Å². The van der Waals surface area contributed by atoms with Gasteiger partial charge in [0.2, 0.25) is 0 Å². The van der Waals surface area contributed by atoms with Gasteiger partial charge in [0.1, 0.15) is 12.1 Å². The molecule has 0 saturated carbocycles. The van der Waals surface area contributed by atoms with Crippen LogP contribution in [-0.4, -0.2) is 26.2 Å². The normalized spacial score (nSPS) is 10.0. The molecule has 0 spiro atoms. The summed E-state index contributed by atoms with van der Waals surface area (Å²) in [4.78, 5) is 18.4. The van der Waals surface area contributed by atoms with Crippen molar-refractivity contribution >= 4 is 5.97 Å². The van der Waals surface area contributed by atoms with Crippen LogP contribution in [0.5, 0.6) is 5.75 Å². The third-order valence-electron chi connectivity index (χ3n) is 2.07. The molecule has 0 amide bonds. The average molecular weight is 216 g/mol. The molecule has 0 radical (unpaired) electrons. The SMILES string of the molecule is O=C(O)c1ncncc1-c1cccc(O)c1. The monoisotopic (exact) mass is 216 g/mol. The lowest BCUT2D eigenvalue weighted by Gasteiger charge is -2.04. The van der Waals surface area contributed by atoms with Crippen LogP contribution in [0.4, 0.5) is 0 Å². The van der Waals surface area contributed by atoms with Crippen LogP contribution in [0.1, 0.15) is 10.5 Å². The number of carbonyl (C=O) groups is 1. The van der Waals surface area contributed by atoms with Gasteiger partial charge in [-0.3, -0.25) is 0 Å². The minimum Gasteiger partial charge on any atom is -0.508 e. The van der Waals surface area contributed by atoms with Crippen LogP contribution < -0.4 is 0 Å². The quantitative estimate of drug-likeness (QED) is 0.795. The lowest BCUT2D eigenvalue weighted by Crippen LogP contribution is -2.03. The molecule has 0 aliphatic rings. The first-order chi connectivity index (χ1) is 7.68. The summed E-state index contributed by atoms with van der Waals surface area (Å²) in [6, 6.07) is 6.28. The highest BCUT2D eigenvalue weighted by atomic mass is 16.4. The standard InChI is InChI=1S/C11H8N2O3/c14-8-3-1-2-7(4-8)9-5-12-6-13-10(9)11(15)16/h1-6,14H,(H,15,16). The maximum Gasteiger partial charge on any atom is 0.355 e. The maximum atomic E-state index is 10.9. The third-order valence-corrected chi connectivity index (χ3v) is 2.07. The minimum atomic E-state index is -1.12. The van der Waals surface area contributed by atoms with Crippen molar-refractivity contribution in [3.8, 4) is 16.9 Å². The topological polar surface area (TPSA) is 83.3 Å². The number of nitrogens with zero attached hydrogens (tertiary/aromatic N) is 2. The molecule has 0 fully saturated rings. The average Bonchev–Trinajstić information content (AvgIpc) is 2.29. The summed E-state index contributed by atoms with van der Waals surface area (Å²) in [6.07, 6.45) is 2.58. The number of hydrogen-bond acceptors (Lipinski definition) is 4. The summed E-state index contributed by atoms with van der Waals surface area (Å²) in [5.74, 6) is -1.06. The van der Waals surface area contributed by atoms with E-state index in [2.05, 4.69) is 9.97 Å². The van der Waals surface area contributed by atoms with Crippen molar-refractivity contribution in [1.29, 1.82) is 0 Å². The van der Waals surface area contributed by atoms with Gasteiger partial charge in [0.05, 0.1) is 0 Å². The van der Waals surface area contributed by atoms with Crippen LogP contribution in [0.25, 0.3) is 11.1 Å². The van der Waals surface area contributed by atoms with Gasteiger partial charge in [0, 0.05) is 11.8 Å². The molecule has 0 unspecified atom stereocenters. The van der Waals surface area contributed by atoms with E-state index >= 15 is 0 Å². The van der Waals surface area contributed by atoms with Crippen LogP contribution in [0.2, 0.25) is 0 Å². The van der Waals surface area contributed by atoms with E-state index in [0.717, 1.165) is 0 Å². The van der Waals surface area contributed by atoms with Gasteiger partial charge >= 0.3 is 5.97 Å². The number of carboxylic acids is 1. The van der Waals surface area contributed by atoms with Gasteiger partial charge in [-0.05, 0) is 17.7 Å². The molecule has 2 N–H and O–H groups in total. The highest BCUT2D eigenvalue weighted by molar-refractivity contribution is 5.93. The Morgan fingerprint density at radius 3 is 2.81 bits per heavy atom. The Morgan fingerprint density at radius 1 is 1.31 bits per heavy atom. The van der Waals surface area contributed by atoms with Gasteiger partial charge in [-0.25, -0.2) is 14.8 Å². The molecular weight excluding hydrogens is 208 g/mol. The minimum absolute atomic E-state index is 0.0673. The first-order valence-corrected chi connectivity index (χ1v) is 4.51. The molecule has 5 nitrogen and oxygen atoms in total. The number of carboxylic acid groups (broad SMARTS) is 1. The number of hydrogen-bond donors (Lipinski definition) is 2. The van der Waals surface area contributed by atoms with Gasteiger partial charge in [0.25, 0.3) is 0 Å². The number of phenolic OH excluding ortho intramolecular Hbond substituents is 1. The van der Waals surface area contributed by atoms with Crippen molar-refractivity contribution in [2.75, 3.05) is 0 Å². The highest BCUT2D eigenvalue weighted by Crippen LogP contribution is 2.24. The zero-order valence-corrected chi connectivity index (χ0v) is 8.16. The van der Waals surface area contributed by atoms with E-state index in [-0.39, 0.29) is 11.4 Å². The number of aromatic hydroxyl groups is 1. The molecule has 0 bridgehead atoms. The molecule has 0 aliphatic carbocycles. The van der Waals surface area contributed by atoms with E-state index in [4.69, 9.17) is 5.11 Å². The first kappa shape index (κ1) is 10.1. The Morgan fingerprint density at radius 2 is 2.12 bits per heavy atom. The zero-order valence-electron chi connectivity index (χ0n) is 8.16. The molecule has 16 heavy (non-hydrogen) atoms. The molecular formula is C11H8N2O3. The van der Waals surface area contributed by atoms with Crippen molar-refractivity contribution in [2.24, 2.45) is 0 Å². The Balaban J connectivity index is 2.60. The Bertz CT molecular complexity index is 540. The summed E-state index contributed by atoms with van der Waals surface area (Å²) >= 11 is 0. The molecule has 2 rings (SSSR count). The van der Waals surface area contributed by atoms with Crippen molar-refractivity contribution in [1.82, 2.24) is 9.97 Å². The summed E-state index contributed by atoms with van der Waals surface area (Å²) < 4.78 is 0. The fourth-order valence-electron chi connectivity index (χ4n) is 1.38. The lowest BCUT2D eigenvalue weighted by molar-refractivity contribution is 0.0691. The van der Waals surface area contributed by atoms with Crippen LogP contribution in [0.3, 0.4) is 0 Å². The fourth-order valence-corrected chi connectivity index (χ4v) is 1.38. The number of aromatic nitrogens is 2. The molecule has 5 heteroatoms. The van der Waals surface area contributed by atoms with Crippen LogP contribution in [0, 0.1) is 0 Å². The maximum absolute atomic E-state index is 10.9. The largest absolute Gasteiger partial charge is 0.508 e. The number of phenols is 1. The highest BCUT2D eigenvalue weighted by Gasteiger charge is 2.13. The Kier molecular flexibility index (Phi) is 2.51. The predicted molar refractivity (Wildman–Crippen MR) is 56.1 cm³/mol. The van der Waals surface area contributed by atoms with E-state index in [1.54, 1.807) is 12.1 Å². The van der Waals surface area contributed by atoms with E-state index in [9.17, 15) is 9.90 Å². The molecule has 2 aromatic rings. The van der Waals surface area contributed by atoms with E-state index < -0.39 is 5.97 Å². The molecule has 0 aliphatic heterocycles. The van der Waals surface area contributed by atoms with E-state index in [1.165, 1.54) is 24.7 Å². The van der Waals surface area contributed by atoms with Crippen molar-refractivity contribution in [2.45, 2.75) is 0 Å². The molecule has 0 atom stereocenters. The van der Waals surface area contributed by atoms with Crippen molar-refractivity contribution in [3.05, 3.63) is 42.5 Å². The molecule has 1 aromatic heterocycles. The van der Waals surface area contributed by atoms with E-state index in [0.29, 0.717) is 11.1 Å². The number of aromatic carboxylic acids is 1.